The lowest BCUT2D eigenvalue weighted by atomic mass is 9.78. The Morgan fingerprint density at radius 1 is 1.11 bits per heavy atom. The molecule has 0 radical (unpaired) electrons. The standard InChI is InChI=1S/C17H34N2/c1-4-5-11-19(13-16-7-6-10-18-16)17-9-8-14(2)15(3)12-17/h14-18H,4-13H2,1-3H3. The summed E-state index contributed by atoms with van der Waals surface area (Å²) in [6.45, 7) is 11.1. The van der Waals surface area contributed by atoms with Crippen LogP contribution in [0.15, 0.2) is 0 Å². The highest BCUT2D eigenvalue weighted by Crippen LogP contribution is 2.32. The highest BCUT2D eigenvalue weighted by Gasteiger charge is 2.30. The van der Waals surface area contributed by atoms with E-state index in [9.17, 15) is 0 Å². The maximum atomic E-state index is 3.68. The fraction of sp³-hybridized carbons (Fsp3) is 1.00. The third kappa shape index (κ3) is 4.46. The normalized spacial score (nSPS) is 36.0. The van der Waals surface area contributed by atoms with E-state index in [4.69, 9.17) is 0 Å². The summed E-state index contributed by atoms with van der Waals surface area (Å²) >= 11 is 0. The number of nitrogens with one attached hydrogen (secondary N) is 1. The molecule has 4 atom stereocenters. The fourth-order valence-electron chi connectivity index (χ4n) is 3.83. The summed E-state index contributed by atoms with van der Waals surface area (Å²) in [7, 11) is 0. The van der Waals surface area contributed by atoms with E-state index in [1.54, 1.807) is 0 Å². The molecule has 19 heavy (non-hydrogen) atoms. The molecule has 2 aliphatic rings. The van der Waals surface area contributed by atoms with Gasteiger partial charge in [-0.25, -0.2) is 0 Å². The van der Waals surface area contributed by atoms with E-state index in [1.807, 2.05) is 0 Å². The Morgan fingerprint density at radius 3 is 2.58 bits per heavy atom. The van der Waals surface area contributed by atoms with Gasteiger partial charge in [-0.15, -0.1) is 0 Å². The van der Waals surface area contributed by atoms with Crippen LogP contribution in [-0.2, 0) is 0 Å². The Balaban J connectivity index is 1.87. The number of hydrogen-bond acceptors (Lipinski definition) is 2. The number of nitrogens with zero attached hydrogens (tertiary/aromatic N) is 1. The third-order valence-electron chi connectivity index (χ3n) is 5.50. The number of hydrogen-bond donors (Lipinski definition) is 1. The van der Waals surface area contributed by atoms with Crippen molar-refractivity contribution in [1.82, 2.24) is 10.2 Å². The minimum absolute atomic E-state index is 0.770. The summed E-state index contributed by atoms with van der Waals surface area (Å²) in [5.41, 5.74) is 0. The second-order valence-electron chi connectivity index (χ2n) is 7.06. The van der Waals surface area contributed by atoms with E-state index in [2.05, 4.69) is 31.0 Å². The van der Waals surface area contributed by atoms with Crippen molar-refractivity contribution < 1.29 is 0 Å². The van der Waals surface area contributed by atoms with Crippen LogP contribution in [0.5, 0.6) is 0 Å². The van der Waals surface area contributed by atoms with Crippen LogP contribution >= 0.6 is 0 Å². The van der Waals surface area contributed by atoms with Crippen LogP contribution in [0.4, 0.5) is 0 Å². The first-order valence-electron chi connectivity index (χ1n) is 8.68. The van der Waals surface area contributed by atoms with Crippen molar-refractivity contribution >= 4 is 0 Å². The first-order valence-corrected chi connectivity index (χ1v) is 8.68. The predicted molar refractivity (Wildman–Crippen MR) is 83.5 cm³/mol. The van der Waals surface area contributed by atoms with Crippen molar-refractivity contribution in [3.8, 4) is 0 Å². The maximum absolute atomic E-state index is 3.68. The molecule has 1 saturated carbocycles. The Kier molecular flexibility index (Phi) is 6.15. The lowest BCUT2D eigenvalue weighted by Crippen LogP contribution is -2.46. The van der Waals surface area contributed by atoms with Gasteiger partial charge in [0.15, 0.2) is 0 Å². The topological polar surface area (TPSA) is 15.3 Å². The molecule has 0 aromatic carbocycles. The zero-order chi connectivity index (χ0) is 13.7. The number of rotatable bonds is 6. The van der Waals surface area contributed by atoms with Crippen LogP contribution in [0.2, 0.25) is 0 Å². The fourth-order valence-corrected chi connectivity index (χ4v) is 3.83. The second-order valence-corrected chi connectivity index (χ2v) is 7.06. The van der Waals surface area contributed by atoms with Crippen LogP contribution in [0, 0.1) is 11.8 Å². The van der Waals surface area contributed by atoms with Gasteiger partial charge in [0.2, 0.25) is 0 Å². The molecule has 0 aromatic rings. The molecule has 0 spiro atoms. The predicted octanol–water partition coefficient (Wildman–Crippen LogP) is 3.67. The molecule has 1 heterocycles. The van der Waals surface area contributed by atoms with Gasteiger partial charge in [-0.3, -0.25) is 4.90 Å². The van der Waals surface area contributed by atoms with Gasteiger partial charge in [-0.05, 0) is 63.5 Å². The van der Waals surface area contributed by atoms with Crippen molar-refractivity contribution in [2.24, 2.45) is 11.8 Å². The molecule has 4 unspecified atom stereocenters. The summed E-state index contributed by atoms with van der Waals surface area (Å²) in [5, 5.41) is 3.68. The smallest absolute Gasteiger partial charge is 0.0195 e. The zero-order valence-electron chi connectivity index (χ0n) is 13.3. The minimum atomic E-state index is 0.770. The van der Waals surface area contributed by atoms with Gasteiger partial charge in [0.1, 0.15) is 0 Å². The summed E-state index contributed by atoms with van der Waals surface area (Å²) in [6, 6.07) is 1.63. The Bertz CT molecular complexity index is 248. The molecule has 2 nitrogen and oxygen atoms in total. The quantitative estimate of drug-likeness (QED) is 0.789. The molecule has 2 heteroatoms. The van der Waals surface area contributed by atoms with E-state index in [0.717, 1.165) is 23.9 Å². The molecule has 1 aliphatic carbocycles. The van der Waals surface area contributed by atoms with Crippen LogP contribution in [0.3, 0.4) is 0 Å². The third-order valence-corrected chi connectivity index (χ3v) is 5.50. The van der Waals surface area contributed by atoms with E-state index in [0.29, 0.717) is 0 Å². The van der Waals surface area contributed by atoms with Gasteiger partial charge in [0.05, 0.1) is 0 Å². The molecule has 0 amide bonds. The summed E-state index contributed by atoms with van der Waals surface area (Å²) in [5.74, 6) is 1.85. The zero-order valence-corrected chi connectivity index (χ0v) is 13.3. The van der Waals surface area contributed by atoms with Crippen LogP contribution < -0.4 is 5.32 Å². The Morgan fingerprint density at radius 2 is 1.95 bits per heavy atom. The van der Waals surface area contributed by atoms with E-state index < -0.39 is 0 Å². The summed E-state index contributed by atoms with van der Waals surface area (Å²) in [6.07, 6.45) is 9.76. The molecular formula is C17H34N2. The van der Waals surface area contributed by atoms with Gasteiger partial charge in [0, 0.05) is 18.6 Å². The highest BCUT2D eigenvalue weighted by molar-refractivity contribution is 4.86. The van der Waals surface area contributed by atoms with Gasteiger partial charge in [0.25, 0.3) is 0 Å². The van der Waals surface area contributed by atoms with Crippen molar-refractivity contribution in [1.29, 1.82) is 0 Å². The van der Waals surface area contributed by atoms with Gasteiger partial charge in [-0.2, -0.15) is 0 Å². The summed E-state index contributed by atoms with van der Waals surface area (Å²) in [4.78, 5) is 2.83. The molecule has 2 fully saturated rings. The molecular weight excluding hydrogens is 232 g/mol. The molecule has 112 valence electrons. The number of unbranched alkanes of at least 4 members (excludes halogenated alkanes) is 1. The van der Waals surface area contributed by atoms with Gasteiger partial charge < -0.3 is 5.32 Å². The van der Waals surface area contributed by atoms with Crippen molar-refractivity contribution in [3.63, 3.8) is 0 Å². The summed E-state index contributed by atoms with van der Waals surface area (Å²) < 4.78 is 0. The van der Waals surface area contributed by atoms with E-state index in [-0.39, 0.29) is 0 Å². The molecule has 1 saturated heterocycles. The Labute approximate surface area is 120 Å². The monoisotopic (exact) mass is 266 g/mol. The van der Waals surface area contributed by atoms with Crippen molar-refractivity contribution in [2.75, 3.05) is 19.6 Å². The van der Waals surface area contributed by atoms with Crippen molar-refractivity contribution in [3.05, 3.63) is 0 Å². The highest BCUT2D eigenvalue weighted by atomic mass is 15.2. The molecule has 1 aliphatic heterocycles. The van der Waals surface area contributed by atoms with Gasteiger partial charge in [-0.1, -0.05) is 27.2 Å². The van der Waals surface area contributed by atoms with E-state index >= 15 is 0 Å². The first kappa shape index (κ1) is 15.3. The van der Waals surface area contributed by atoms with Crippen LogP contribution in [0.25, 0.3) is 0 Å². The Hall–Kier alpha value is -0.0800. The second kappa shape index (κ2) is 7.64. The molecule has 2 rings (SSSR count). The van der Waals surface area contributed by atoms with Crippen molar-refractivity contribution in [2.45, 2.75) is 77.8 Å². The largest absolute Gasteiger partial charge is 0.313 e. The average molecular weight is 266 g/mol. The van der Waals surface area contributed by atoms with Gasteiger partial charge >= 0.3 is 0 Å². The lowest BCUT2D eigenvalue weighted by molar-refractivity contribution is 0.0996. The maximum Gasteiger partial charge on any atom is 0.0195 e. The van der Waals surface area contributed by atoms with E-state index in [1.165, 1.54) is 64.6 Å². The first-order chi connectivity index (χ1) is 9.20. The lowest BCUT2D eigenvalue weighted by Gasteiger charge is -2.40. The molecule has 0 bridgehead atoms. The molecule has 0 aromatic heterocycles. The molecule has 1 N–H and O–H groups in total. The van der Waals surface area contributed by atoms with Crippen LogP contribution in [-0.4, -0.2) is 36.6 Å². The van der Waals surface area contributed by atoms with Crippen LogP contribution in [0.1, 0.15) is 65.7 Å². The average Bonchev–Trinajstić information content (AvgIpc) is 2.91. The minimum Gasteiger partial charge on any atom is -0.313 e. The SMILES string of the molecule is CCCCN(CC1CCCN1)C1CCC(C)C(C)C1.